The van der Waals surface area contributed by atoms with E-state index >= 15 is 0 Å². The van der Waals surface area contributed by atoms with E-state index in [1.807, 2.05) is 19.1 Å². The number of methoxy groups -OCH3 is 1. The Kier molecular flexibility index (Phi) is 6.21. The summed E-state index contributed by atoms with van der Waals surface area (Å²) in [5.74, 6) is 0.520. The molecular weight excluding hydrogens is 330 g/mol. The Morgan fingerprint density at radius 1 is 1.21 bits per heavy atom. The summed E-state index contributed by atoms with van der Waals surface area (Å²) in [5.41, 5.74) is 1.38. The van der Waals surface area contributed by atoms with Gasteiger partial charge in [0.1, 0.15) is 6.29 Å². The summed E-state index contributed by atoms with van der Waals surface area (Å²) in [5, 5.41) is 3.48. The highest BCUT2D eigenvalue weighted by molar-refractivity contribution is 6.30. The van der Waals surface area contributed by atoms with E-state index in [4.69, 9.17) is 21.1 Å². The van der Waals surface area contributed by atoms with Gasteiger partial charge in [-0.15, -0.1) is 0 Å². The number of hydrogen-bond donors (Lipinski definition) is 1. The zero-order chi connectivity index (χ0) is 17.5. The van der Waals surface area contributed by atoms with Gasteiger partial charge in [-0.25, -0.2) is 0 Å². The van der Waals surface area contributed by atoms with Gasteiger partial charge in [-0.2, -0.15) is 0 Å². The standard InChI is InChI=1S/C18H18ClNO4/c1-12(14-4-6-15(19)7-5-14)20-18(22)11-24-17-9-13(10-21)3-8-16(17)23-2/h3-10,12H,11H2,1-2H3,(H,20,22). The summed E-state index contributed by atoms with van der Waals surface area (Å²) in [7, 11) is 1.49. The average Bonchev–Trinajstić information content (AvgIpc) is 2.60. The Morgan fingerprint density at radius 2 is 1.92 bits per heavy atom. The Hall–Kier alpha value is -2.53. The van der Waals surface area contributed by atoms with Gasteiger partial charge in [0.25, 0.3) is 5.91 Å². The van der Waals surface area contributed by atoms with Gasteiger partial charge in [0.15, 0.2) is 18.1 Å². The van der Waals surface area contributed by atoms with Crippen molar-refractivity contribution < 1.29 is 19.1 Å². The Labute approximate surface area is 145 Å². The largest absolute Gasteiger partial charge is 0.493 e. The second kappa shape index (κ2) is 8.36. The van der Waals surface area contributed by atoms with Crippen molar-refractivity contribution in [3.8, 4) is 11.5 Å². The first kappa shape index (κ1) is 17.8. The molecule has 6 heteroatoms. The lowest BCUT2D eigenvalue weighted by Gasteiger charge is -2.15. The molecule has 0 aliphatic rings. The van der Waals surface area contributed by atoms with Crippen LogP contribution in [0, 0.1) is 0 Å². The SMILES string of the molecule is COc1ccc(C=O)cc1OCC(=O)NC(C)c1ccc(Cl)cc1. The molecule has 1 unspecified atom stereocenters. The summed E-state index contributed by atoms with van der Waals surface area (Å²) < 4.78 is 10.6. The number of carbonyl (C=O) groups is 2. The smallest absolute Gasteiger partial charge is 0.258 e. The van der Waals surface area contributed by atoms with E-state index in [0.29, 0.717) is 28.4 Å². The van der Waals surface area contributed by atoms with E-state index in [9.17, 15) is 9.59 Å². The predicted molar refractivity (Wildman–Crippen MR) is 91.9 cm³/mol. The van der Waals surface area contributed by atoms with Crippen LogP contribution in [0.5, 0.6) is 11.5 Å². The van der Waals surface area contributed by atoms with Gasteiger partial charge in [0.2, 0.25) is 0 Å². The van der Waals surface area contributed by atoms with Crippen LogP contribution in [0.25, 0.3) is 0 Å². The molecule has 1 atom stereocenters. The second-order valence-electron chi connectivity index (χ2n) is 5.16. The summed E-state index contributed by atoms with van der Waals surface area (Å²) in [6.07, 6.45) is 0.703. The molecule has 0 aliphatic carbocycles. The quantitative estimate of drug-likeness (QED) is 0.779. The van der Waals surface area contributed by atoms with Crippen molar-refractivity contribution in [2.75, 3.05) is 13.7 Å². The van der Waals surface area contributed by atoms with Gasteiger partial charge in [-0.3, -0.25) is 9.59 Å². The molecule has 0 radical (unpaired) electrons. The van der Waals surface area contributed by atoms with Crippen molar-refractivity contribution in [1.29, 1.82) is 0 Å². The summed E-state index contributed by atoms with van der Waals surface area (Å²) in [6.45, 7) is 1.69. The molecule has 0 bridgehead atoms. The van der Waals surface area contributed by atoms with Crippen molar-refractivity contribution >= 4 is 23.8 Å². The van der Waals surface area contributed by atoms with Crippen molar-refractivity contribution in [3.05, 3.63) is 58.6 Å². The molecule has 24 heavy (non-hydrogen) atoms. The van der Waals surface area contributed by atoms with Crippen LogP contribution < -0.4 is 14.8 Å². The van der Waals surface area contributed by atoms with Crippen LogP contribution in [0.2, 0.25) is 5.02 Å². The molecule has 1 N–H and O–H groups in total. The van der Waals surface area contributed by atoms with Crippen LogP contribution in [-0.4, -0.2) is 25.9 Å². The number of rotatable bonds is 7. The lowest BCUT2D eigenvalue weighted by atomic mass is 10.1. The molecule has 0 heterocycles. The molecule has 0 spiro atoms. The third-order valence-corrected chi connectivity index (χ3v) is 3.68. The van der Waals surface area contributed by atoms with Crippen molar-refractivity contribution in [1.82, 2.24) is 5.32 Å². The van der Waals surface area contributed by atoms with E-state index in [1.165, 1.54) is 13.2 Å². The molecule has 2 aromatic carbocycles. The first-order valence-corrected chi connectivity index (χ1v) is 7.72. The number of amides is 1. The monoisotopic (exact) mass is 347 g/mol. The topological polar surface area (TPSA) is 64.6 Å². The highest BCUT2D eigenvalue weighted by atomic mass is 35.5. The third kappa shape index (κ3) is 4.73. The highest BCUT2D eigenvalue weighted by Crippen LogP contribution is 2.27. The van der Waals surface area contributed by atoms with Crippen LogP contribution in [0.4, 0.5) is 0 Å². The number of carbonyl (C=O) groups excluding carboxylic acids is 2. The minimum atomic E-state index is -0.281. The predicted octanol–water partition coefficient (Wildman–Crippen LogP) is 3.42. The van der Waals surface area contributed by atoms with Crippen LogP contribution in [0.1, 0.15) is 28.9 Å². The Morgan fingerprint density at radius 3 is 2.54 bits per heavy atom. The first-order chi connectivity index (χ1) is 11.5. The number of benzene rings is 2. The Balaban J connectivity index is 1.95. The lowest BCUT2D eigenvalue weighted by Crippen LogP contribution is -2.31. The van der Waals surface area contributed by atoms with Crippen LogP contribution in [0.3, 0.4) is 0 Å². The maximum atomic E-state index is 12.0. The van der Waals surface area contributed by atoms with Gasteiger partial charge in [0.05, 0.1) is 13.2 Å². The molecule has 5 nitrogen and oxygen atoms in total. The van der Waals surface area contributed by atoms with E-state index in [-0.39, 0.29) is 18.6 Å². The van der Waals surface area contributed by atoms with Crippen molar-refractivity contribution in [2.45, 2.75) is 13.0 Å². The van der Waals surface area contributed by atoms with Crippen molar-refractivity contribution in [2.24, 2.45) is 0 Å². The van der Waals surface area contributed by atoms with Crippen LogP contribution in [0.15, 0.2) is 42.5 Å². The maximum absolute atomic E-state index is 12.0. The summed E-state index contributed by atoms with van der Waals surface area (Å²) in [6, 6.07) is 11.8. The third-order valence-electron chi connectivity index (χ3n) is 3.43. The fraction of sp³-hybridized carbons (Fsp3) is 0.222. The molecule has 126 valence electrons. The van der Waals surface area contributed by atoms with Crippen LogP contribution >= 0.6 is 11.6 Å². The number of ether oxygens (including phenoxy) is 2. The Bertz CT molecular complexity index is 715. The maximum Gasteiger partial charge on any atom is 0.258 e. The van der Waals surface area contributed by atoms with Gasteiger partial charge in [-0.05, 0) is 42.8 Å². The summed E-state index contributed by atoms with van der Waals surface area (Å²) >= 11 is 5.85. The second-order valence-corrected chi connectivity index (χ2v) is 5.59. The van der Waals surface area contributed by atoms with Crippen molar-refractivity contribution in [3.63, 3.8) is 0 Å². The zero-order valence-corrected chi connectivity index (χ0v) is 14.2. The number of halogens is 1. The average molecular weight is 348 g/mol. The minimum absolute atomic E-state index is 0.179. The molecular formula is C18H18ClNO4. The fourth-order valence-corrected chi connectivity index (χ4v) is 2.27. The molecule has 2 aromatic rings. The molecule has 0 fully saturated rings. The number of nitrogens with one attached hydrogen (secondary N) is 1. The van der Waals surface area contributed by atoms with E-state index in [1.54, 1.807) is 24.3 Å². The molecule has 1 amide bonds. The molecule has 0 aromatic heterocycles. The highest BCUT2D eigenvalue weighted by Gasteiger charge is 2.12. The summed E-state index contributed by atoms with van der Waals surface area (Å²) in [4.78, 5) is 22.9. The number of hydrogen-bond acceptors (Lipinski definition) is 4. The lowest BCUT2D eigenvalue weighted by molar-refractivity contribution is -0.123. The molecule has 2 rings (SSSR count). The van der Waals surface area contributed by atoms with Gasteiger partial charge in [0, 0.05) is 10.6 Å². The molecule has 0 aliphatic heterocycles. The van der Waals surface area contributed by atoms with E-state index in [2.05, 4.69) is 5.32 Å². The minimum Gasteiger partial charge on any atom is -0.493 e. The molecule has 0 saturated carbocycles. The van der Waals surface area contributed by atoms with E-state index in [0.717, 1.165) is 5.56 Å². The van der Waals surface area contributed by atoms with E-state index < -0.39 is 0 Å². The molecule has 0 saturated heterocycles. The van der Waals surface area contributed by atoms with Crippen LogP contribution in [-0.2, 0) is 4.79 Å². The van der Waals surface area contributed by atoms with Gasteiger partial charge >= 0.3 is 0 Å². The van der Waals surface area contributed by atoms with Gasteiger partial charge in [-0.1, -0.05) is 23.7 Å². The van der Waals surface area contributed by atoms with Gasteiger partial charge < -0.3 is 14.8 Å². The number of aldehydes is 1. The normalized spacial score (nSPS) is 11.5. The first-order valence-electron chi connectivity index (χ1n) is 7.34. The zero-order valence-electron chi connectivity index (χ0n) is 13.4. The fourth-order valence-electron chi connectivity index (χ4n) is 2.14.